The van der Waals surface area contributed by atoms with E-state index in [0.717, 1.165) is 0 Å². The molecule has 7 atom stereocenters. The van der Waals surface area contributed by atoms with Crippen LogP contribution in [0.4, 0.5) is 5.82 Å². The summed E-state index contributed by atoms with van der Waals surface area (Å²) in [7, 11) is -17.5. The summed E-state index contributed by atoms with van der Waals surface area (Å²) in [5.41, 5.74) is 0.629. The maximum absolute atomic E-state index is 12.1. The van der Waals surface area contributed by atoms with E-state index in [2.05, 4.69) is 55.6 Å². The van der Waals surface area contributed by atoms with E-state index in [1.807, 2.05) is 18.7 Å². The number of nitrogens with zero attached hydrogens (tertiary/aromatic N) is 5. The largest absolute Gasteiger partial charge is 1.00 e. The summed E-state index contributed by atoms with van der Waals surface area (Å²) in [6.45, 7) is 4.05. The predicted molar refractivity (Wildman–Crippen MR) is 127 cm³/mol. The average Bonchev–Trinajstić information content (AvgIpc) is 3.33. The Bertz CT molecular complexity index is 1290. The first kappa shape index (κ1) is 42.6. The van der Waals surface area contributed by atoms with Crippen LogP contribution in [0.5, 0.6) is 0 Å². The average molecular weight is 785 g/mol. The van der Waals surface area contributed by atoms with E-state index in [0.29, 0.717) is 24.4 Å². The molecule has 0 aromatic carbocycles. The normalized spacial score (nSPS) is 25.4. The monoisotopic (exact) mass is 783 g/mol. The fraction of sp³-hybridized carbons (Fsp3) is 0.667. The number of fused-ring (bicyclic) bond motifs is 1. The number of imidazole rings is 1. The molecule has 1 aliphatic heterocycles. The third-order valence-corrected chi connectivity index (χ3v) is 15.5. The Hall–Kier alpha value is 2.64. The Morgan fingerprint density at radius 1 is 1.07 bits per heavy atom. The minimum absolute atomic E-state index is 0. The number of halogens is 2. The first-order chi connectivity index (χ1) is 17.0. The first-order valence-electron chi connectivity index (χ1n) is 10.3. The Kier molecular flexibility index (Phi) is 17.5. The molecule has 0 amide bonds. The van der Waals surface area contributed by atoms with Crippen molar-refractivity contribution in [2.45, 2.75) is 41.1 Å². The van der Waals surface area contributed by atoms with E-state index in [-0.39, 0.29) is 94.3 Å². The van der Waals surface area contributed by atoms with Crippen molar-refractivity contribution in [3.8, 4) is 0 Å². The molecule has 0 saturated carbocycles. The molecule has 0 bridgehead atoms. The molecular weight excluding hydrogens is 764 g/mol. The number of anilines is 1. The van der Waals surface area contributed by atoms with Gasteiger partial charge in [-0.15, -0.1) is 0 Å². The SMILES string of the molecule is CCN(CC)c1ncnc2c1ncn2[C@H]1O[C@@H](COP(=O)([O-])OP(=O)([O-])C(Br)(Br)P(=O)([O-])O)[C@H](O)[C@@H]1O.[Na+].[Na+].[Na+]. The second-order valence-corrected chi connectivity index (χ2v) is 19.0. The van der Waals surface area contributed by atoms with Crippen LogP contribution in [0.2, 0.25) is 0 Å². The number of hydrogen-bond donors (Lipinski definition) is 3. The number of aromatic nitrogens is 4. The zero-order valence-corrected chi connectivity index (χ0v) is 33.8. The summed E-state index contributed by atoms with van der Waals surface area (Å²) in [6, 6.07) is 0. The molecule has 3 rings (SSSR count). The third kappa shape index (κ3) is 9.13. The number of rotatable bonds is 11. The molecule has 3 N–H and O–H groups in total. The van der Waals surface area contributed by atoms with Crippen molar-refractivity contribution in [3.63, 3.8) is 0 Å². The van der Waals surface area contributed by atoms with Crippen molar-refractivity contribution in [3.05, 3.63) is 12.7 Å². The number of aliphatic hydroxyl groups excluding tert-OH is 2. The molecule has 1 fully saturated rings. The second-order valence-electron chi connectivity index (χ2n) is 7.59. The van der Waals surface area contributed by atoms with Gasteiger partial charge < -0.3 is 53.1 Å². The predicted octanol–water partition coefficient (Wildman–Crippen LogP) is -9.69. The molecule has 3 heterocycles. The van der Waals surface area contributed by atoms with E-state index in [9.17, 15) is 38.6 Å². The summed E-state index contributed by atoms with van der Waals surface area (Å²) in [5, 5.41) is 20.9. The van der Waals surface area contributed by atoms with Crippen LogP contribution >= 0.6 is 54.9 Å². The fourth-order valence-electron chi connectivity index (χ4n) is 3.40. The smallest absolute Gasteiger partial charge is 0.777 e. The summed E-state index contributed by atoms with van der Waals surface area (Å²) < 4.78 is 47.2. The number of ether oxygens (including phenoxy) is 1. The zero-order valence-electron chi connectivity index (χ0n) is 21.9. The minimum Gasteiger partial charge on any atom is -0.777 e. The van der Waals surface area contributed by atoms with Gasteiger partial charge in [0.2, 0.25) is 2.72 Å². The first-order valence-corrected chi connectivity index (χ1v) is 16.5. The maximum atomic E-state index is 12.1. The van der Waals surface area contributed by atoms with Gasteiger partial charge in [-0.1, -0.05) is 31.9 Å². The number of alkyl halides is 2. The standard InChI is InChI=1S/C15H24Br2N5O12P3.3Na/c1-3-21(4-2)12-9-13(19-6-18-12)22(7-20-9)14-11(24)10(23)8(33-14)5-32-37(30,31)34-36(28,29)15(16,17)35(25,26)27;;;/h6-8,10-11,14,23-24H,3-5H2,1-2H3,(H,28,29)(H,30,31)(H2,25,26,27);;;/q;3*+1/p-3/t8-,10-,11-,14-;;;/m0.../s1. The minimum atomic E-state index is -5.95. The van der Waals surface area contributed by atoms with Crippen LogP contribution in [0.25, 0.3) is 11.2 Å². The molecule has 40 heavy (non-hydrogen) atoms. The number of aliphatic hydroxyl groups is 2. The van der Waals surface area contributed by atoms with Crippen LogP contribution in [-0.4, -0.2) is 75.3 Å². The van der Waals surface area contributed by atoms with Crippen LogP contribution < -0.4 is 108 Å². The molecule has 1 saturated heterocycles. The van der Waals surface area contributed by atoms with Crippen LogP contribution in [0.3, 0.4) is 0 Å². The van der Waals surface area contributed by atoms with E-state index in [4.69, 9.17) is 9.63 Å². The van der Waals surface area contributed by atoms with Crippen molar-refractivity contribution >= 4 is 71.9 Å². The summed E-state index contributed by atoms with van der Waals surface area (Å²) in [6.07, 6.45) is -3.58. The van der Waals surface area contributed by atoms with Gasteiger partial charge in [0, 0.05) is 13.1 Å². The molecule has 25 heteroatoms. The second kappa shape index (κ2) is 16.5. The van der Waals surface area contributed by atoms with E-state index < -0.39 is 56.9 Å². The molecule has 0 aliphatic carbocycles. The van der Waals surface area contributed by atoms with E-state index >= 15 is 0 Å². The van der Waals surface area contributed by atoms with Gasteiger partial charge >= 0.3 is 88.7 Å². The van der Waals surface area contributed by atoms with Crippen LogP contribution in [0.15, 0.2) is 12.7 Å². The Balaban J connectivity index is 0.00000507. The quantitative estimate of drug-likeness (QED) is 0.109. The summed E-state index contributed by atoms with van der Waals surface area (Å²) in [5.74, 6) is 0.522. The van der Waals surface area contributed by atoms with E-state index in [1.54, 1.807) is 0 Å². The van der Waals surface area contributed by atoms with Gasteiger partial charge in [-0.2, -0.15) is 0 Å². The van der Waals surface area contributed by atoms with Gasteiger partial charge in [0.1, 0.15) is 24.6 Å². The molecule has 0 spiro atoms. The molecule has 2 aromatic heterocycles. The third-order valence-electron chi connectivity index (χ3n) is 5.29. The van der Waals surface area contributed by atoms with Gasteiger partial charge in [-0.05, 0) is 13.8 Å². The molecule has 17 nitrogen and oxygen atoms in total. The zero-order chi connectivity index (χ0) is 28.0. The van der Waals surface area contributed by atoms with Gasteiger partial charge in [0.25, 0.3) is 7.82 Å². The van der Waals surface area contributed by atoms with Gasteiger partial charge in [0.05, 0.1) is 12.9 Å². The van der Waals surface area contributed by atoms with Crippen molar-refractivity contribution in [1.82, 2.24) is 19.5 Å². The topological polar surface area (TPSA) is 256 Å². The Morgan fingerprint density at radius 2 is 1.65 bits per heavy atom. The maximum Gasteiger partial charge on any atom is 1.00 e. The molecule has 1 aliphatic rings. The molecule has 2 aromatic rings. The fourth-order valence-corrected chi connectivity index (χ4v) is 8.10. The Morgan fingerprint density at radius 3 is 2.17 bits per heavy atom. The van der Waals surface area contributed by atoms with Crippen molar-refractivity contribution in [2.24, 2.45) is 0 Å². The van der Waals surface area contributed by atoms with Crippen LogP contribution in [-0.2, 0) is 27.3 Å². The van der Waals surface area contributed by atoms with Crippen LogP contribution in [0.1, 0.15) is 20.1 Å². The summed E-state index contributed by atoms with van der Waals surface area (Å²) in [4.78, 5) is 59.0. The summed E-state index contributed by atoms with van der Waals surface area (Å²) >= 11 is 4.28. The number of phosphoric acid groups is 1. The Labute approximate surface area is 311 Å². The van der Waals surface area contributed by atoms with Gasteiger partial charge in [-0.3, -0.25) is 13.4 Å². The van der Waals surface area contributed by atoms with Crippen LogP contribution in [0, 0.1) is 0 Å². The number of hydrogen-bond acceptors (Lipinski definition) is 15. The number of phosphoric ester groups is 1. The molecule has 3 unspecified atom stereocenters. The van der Waals surface area contributed by atoms with Crippen molar-refractivity contribution in [1.29, 1.82) is 0 Å². The molecule has 210 valence electrons. The molecular formula is C15H21Br2N5Na3O12P3. The van der Waals surface area contributed by atoms with E-state index in [1.165, 1.54) is 17.2 Å². The van der Waals surface area contributed by atoms with Gasteiger partial charge in [0.15, 0.2) is 38.4 Å². The van der Waals surface area contributed by atoms with Gasteiger partial charge in [-0.25, -0.2) is 15.0 Å². The van der Waals surface area contributed by atoms with Crippen molar-refractivity contribution < 1.29 is 146 Å². The molecule has 0 radical (unpaired) electrons. The van der Waals surface area contributed by atoms with Crippen molar-refractivity contribution in [2.75, 3.05) is 24.6 Å².